The average Bonchev–Trinajstić information content (AvgIpc) is 2.54. The maximum atomic E-state index is 12.4. The predicted molar refractivity (Wildman–Crippen MR) is 86.1 cm³/mol. The van der Waals surface area contributed by atoms with E-state index in [4.69, 9.17) is 0 Å². The summed E-state index contributed by atoms with van der Waals surface area (Å²) in [5.41, 5.74) is 1.73. The molecule has 0 spiro atoms. The van der Waals surface area contributed by atoms with E-state index in [2.05, 4.69) is 14.9 Å². The lowest BCUT2D eigenvalue weighted by Crippen LogP contribution is -2.49. The van der Waals surface area contributed by atoms with Crippen LogP contribution >= 0.6 is 0 Å². The largest absolute Gasteiger partial charge is 0.353 e. The Morgan fingerprint density at radius 3 is 2.32 bits per heavy atom. The van der Waals surface area contributed by atoms with E-state index in [1.807, 2.05) is 55.1 Å². The first-order valence-electron chi connectivity index (χ1n) is 7.55. The van der Waals surface area contributed by atoms with Crippen LogP contribution in [0.3, 0.4) is 0 Å². The molecular weight excluding hydrogens is 276 g/mol. The molecule has 1 saturated heterocycles. The lowest BCUT2D eigenvalue weighted by atomic mass is 10.2. The highest BCUT2D eigenvalue weighted by atomic mass is 16.2. The summed E-state index contributed by atoms with van der Waals surface area (Å²) < 4.78 is 0. The maximum absolute atomic E-state index is 12.4. The molecule has 0 N–H and O–H groups in total. The molecule has 1 amide bonds. The van der Waals surface area contributed by atoms with Gasteiger partial charge in [0.25, 0.3) is 5.91 Å². The first-order valence-corrected chi connectivity index (χ1v) is 7.55. The minimum atomic E-state index is 0.107. The van der Waals surface area contributed by atoms with Crippen LogP contribution in [0.5, 0.6) is 0 Å². The molecule has 5 heteroatoms. The normalized spacial score (nSPS) is 15.0. The molecule has 0 aliphatic carbocycles. The second kappa shape index (κ2) is 6.13. The minimum Gasteiger partial charge on any atom is -0.353 e. The van der Waals surface area contributed by atoms with Gasteiger partial charge in [0, 0.05) is 43.5 Å². The van der Waals surface area contributed by atoms with Crippen LogP contribution in [0.25, 0.3) is 0 Å². The van der Waals surface area contributed by atoms with E-state index in [-0.39, 0.29) is 5.91 Å². The molecule has 0 atom stereocenters. The number of aryl methyl sites for hydroxylation is 2. The molecule has 0 bridgehead atoms. The number of carbonyl (C=O) groups excluding carboxylic acids is 1. The molecule has 3 rings (SSSR count). The van der Waals surface area contributed by atoms with Gasteiger partial charge in [-0.15, -0.1) is 0 Å². The molecular formula is C17H20N4O. The molecule has 2 aromatic rings. The van der Waals surface area contributed by atoms with Gasteiger partial charge in [0.1, 0.15) is 11.6 Å². The van der Waals surface area contributed by atoms with Crippen LogP contribution in [0.4, 0.5) is 5.82 Å². The van der Waals surface area contributed by atoms with Crippen molar-refractivity contribution in [3.05, 3.63) is 53.5 Å². The second-order valence-corrected chi connectivity index (χ2v) is 5.56. The summed E-state index contributed by atoms with van der Waals surface area (Å²) in [4.78, 5) is 25.4. The zero-order valence-corrected chi connectivity index (χ0v) is 13.0. The van der Waals surface area contributed by atoms with E-state index in [9.17, 15) is 4.79 Å². The highest BCUT2D eigenvalue weighted by molar-refractivity contribution is 5.94. The van der Waals surface area contributed by atoms with Gasteiger partial charge in [0.15, 0.2) is 0 Å². The van der Waals surface area contributed by atoms with Gasteiger partial charge in [0.05, 0.1) is 0 Å². The number of piperazine rings is 1. The SMILES string of the molecule is Cc1cc(N2CCN(C(=O)c3ccccc3)CC2)nc(C)n1. The maximum Gasteiger partial charge on any atom is 0.253 e. The summed E-state index contributed by atoms with van der Waals surface area (Å²) in [6.07, 6.45) is 0. The van der Waals surface area contributed by atoms with Crippen molar-refractivity contribution in [3.8, 4) is 0 Å². The van der Waals surface area contributed by atoms with Crippen molar-refractivity contribution in [2.45, 2.75) is 13.8 Å². The van der Waals surface area contributed by atoms with E-state index in [0.29, 0.717) is 0 Å². The third kappa shape index (κ3) is 3.08. The van der Waals surface area contributed by atoms with Crippen molar-refractivity contribution in [1.82, 2.24) is 14.9 Å². The van der Waals surface area contributed by atoms with Crippen molar-refractivity contribution in [2.75, 3.05) is 31.1 Å². The number of hydrogen-bond donors (Lipinski definition) is 0. The first-order chi connectivity index (χ1) is 10.6. The molecule has 1 aromatic heterocycles. The topological polar surface area (TPSA) is 49.3 Å². The number of anilines is 1. The quantitative estimate of drug-likeness (QED) is 0.851. The van der Waals surface area contributed by atoms with Gasteiger partial charge >= 0.3 is 0 Å². The number of amides is 1. The Kier molecular flexibility index (Phi) is 4.04. The number of benzene rings is 1. The predicted octanol–water partition coefficient (Wildman–Crippen LogP) is 2.06. The highest BCUT2D eigenvalue weighted by Gasteiger charge is 2.22. The zero-order valence-electron chi connectivity index (χ0n) is 13.0. The standard InChI is InChI=1S/C17H20N4O/c1-13-12-16(19-14(2)18-13)20-8-10-21(11-9-20)17(22)15-6-4-3-5-7-15/h3-7,12H,8-11H2,1-2H3. The van der Waals surface area contributed by atoms with Gasteiger partial charge in [0.2, 0.25) is 0 Å². The third-order valence-corrected chi connectivity index (χ3v) is 3.86. The zero-order chi connectivity index (χ0) is 15.5. The fraction of sp³-hybridized carbons (Fsp3) is 0.353. The number of aromatic nitrogens is 2. The van der Waals surface area contributed by atoms with Gasteiger partial charge in [-0.25, -0.2) is 9.97 Å². The molecule has 22 heavy (non-hydrogen) atoms. The van der Waals surface area contributed by atoms with Crippen LogP contribution in [0.2, 0.25) is 0 Å². The fourth-order valence-electron chi connectivity index (χ4n) is 2.76. The molecule has 1 aromatic carbocycles. The fourth-order valence-corrected chi connectivity index (χ4v) is 2.76. The van der Waals surface area contributed by atoms with E-state index in [1.165, 1.54) is 0 Å². The molecule has 5 nitrogen and oxygen atoms in total. The van der Waals surface area contributed by atoms with Crippen LogP contribution in [0.1, 0.15) is 21.9 Å². The van der Waals surface area contributed by atoms with E-state index >= 15 is 0 Å². The minimum absolute atomic E-state index is 0.107. The van der Waals surface area contributed by atoms with Gasteiger partial charge in [-0.1, -0.05) is 18.2 Å². The van der Waals surface area contributed by atoms with Crippen molar-refractivity contribution in [3.63, 3.8) is 0 Å². The van der Waals surface area contributed by atoms with Crippen molar-refractivity contribution >= 4 is 11.7 Å². The number of carbonyl (C=O) groups is 1. The molecule has 2 heterocycles. The van der Waals surface area contributed by atoms with Crippen molar-refractivity contribution in [2.24, 2.45) is 0 Å². The van der Waals surface area contributed by atoms with Crippen LogP contribution in [0.15, 0.2) is 36.4 Å². The van der Waals surface area contributed by atoms with Crippen LogP contribution in [0, 0.1) is 13.8 Å². The Bertz CT molecular complexity index is 643. The first kappa shape index (κ1) is 14.5. The smallest absolute Gasteiger partial charge is 0.253 e. The summed E-state index contributed by atoms with van der Waals surface area (Å²) in [7, 11) is 0. The Morgan fingerprint density at radius 1 is 1.00 bits per heavy atom. The van der Waals surface area contributed by atoms with E-state index < -0.39 is 0 Å². The van der Waals surface area contributed by atoms with Gasteiger partial charge in [-0.05, 0) is 26.0 Å². The summed E-state index contributed by atoms with van der Waals surface area (Å²) in [6, 6.07) is 11.5. The molecule has 0 saturated carbocycles. The summed E-state index contributed by atoms with van der Waals surface area (Å²) >= 11 is 0. The van der Waals surface area contributed by atoms with Crippen molar-refractivity contribution < 1.29 is 4.79 Å². The molecule has 1 fully saturated rings. The van der Waals surface area contributed by atoms with Crippen molar-refractivity contribution in [1.29, 1.82) is 0 Å². The Hall–Kier alpha value is -2.43. The number of hydrogen-bond acceptors (Lipinski definition) is 4. The summed E-state index contributed by atoms with van der Waals surface area (Å²) in [6.45, 7) is 6.92. The Labute approximate surface area is 130 Å². The van der Waals surface area contributed by atoms with Gasteiger partial charge in [-0.3, -0.25) is 4.79 Å². The van der Waals surface area contributed by atoms with Crippen LogP contribution < -0.4 is 4.90 Å². The average molecular weight is 296 g/mol. The Balaban J connectivity index is 1.66. The van der Waals surface area contributed by atoms with E-state index in [0.717, 1.165) is 49.1 Å². The lowest BCUT2D eigenvalue weighted by Gasteiger charge is -2.35. The number of rotatable bonds is 2. The van der Waals surface area contributed by atoms with E-state index in [1.54, 1.807) is 0 Å². The molecule has 114 valence electrons. The monoisotopic (exact) mass is 296 g/mol. The summed E-state index contributed by atoms with van der Waals surface area (Å²) in [5, 5.41) is 0. The Morgan fingerprint density at radius 2 is 1.68 bits per heavy atom. The van der Waals surface area contributed by atoms with Gasteiger partial charge in [-0.2, -0.15) is 0 Å². The van der Waals surface area contributed by atoms with Crippen LogP contribution in [-0.2, 0) is 0 Å². The third-order valence-electron chi connectivity index (χ3n) is 3.86. The molecule has 1 aliphatic heterocycles. The summed E-state index contributed by atoms with van der Waals surface area (Å²) in [5.74, 6) is 1.85. The van der Waals surface area contributed by atoms with Crippen LogP contribution in [-0.4, -0.2) is 47.0 Å². The van der Waals surface area contributed by atoms with Gasteiger partial charge < -0.3 is 9.80 Å². The second-order valence-electron chi connectivity index (χ2n) is 5.56. The molecule has 0 unspecified atom stereocenters. The lowest BCUT2D eigenvalue weighted by molar-refractivity contribution is 0.0746. The molecule has 0 radical (unpaired) electrons. The molecule has 1 aliphatic rings. The number of nitrogens with zero attached hydrogens (tertiary/aromatic N) is 4. The highest BCUT2D eigenvalue weighted by Crippen LogP contribution is 2.16.